The van der Waals surface area contributed by atoms with E-state index in [0.717, 1.165) is 44.4 Å². The maximum atomic E-state index is 12.3. The summed E-state index contributed by atoms with van der Waals surface area (Å²) in [5, 5.41) is 0. The monoisotopic (exact) mass is 209 g/mol. The summed E-state index contributed by atoms with van der Waals surface area (Å²) in [7, 11) is 0. The van der Waals surface area contributed by atoms with Gasteiger partial charge in [-0.25, -0.2) is 0 Å². The van der Waals surface area contributed by atoms with E-state index in [-0.39, 0.29) is 5.92 Å². The van der Waals surface area contributed by atoms with Gasteiger partial charge in [-0.2, -0.15) is 0 Å². The lowest BCUT2D eigenvalue weighted by Crippen LogP contribution is -2.49. The molecule has 2 N–H and O–H groups in total. The number of rotatable bonds is 2. The van der Waals surface area contributed by atoms with Gasteiger partial charge in [-0.1, -0.05) is 32.6 Å². The number of hydrogen-bond donors (Lipinski definition) is 1. The fourth-order valence-corrected chi connectivity index (χ4v) is 3.18. The van der Waals surface area contributed by atoms with Crippen LogP contribution < -0.4 is 5.73 Å². The van der Waals surface area contributed by atoms with Gasteiger partial charge in [0.25, 0.3) is 0 Å². The van der Waals surface area contributed by atoms with E-state index in [1.165, 1.54) is 12.8 Å². The van der Waals surface area contributed by atoms with Crippen molar-refractivity contribution in [2.75, 3.05) is 0 Å². The van der Waals surface area contributed by atoms with Crippen LogP contribution in [0.4, 0.5) is 0 Å². The van der Waals surface area contributed by atoms with Crippen molar-refractivity contribution in [1.29, 1.82) is 0 Å². The van der Waals surface area contributed by atoms with Gasteiger partial charge in [0, 0.05) is 5.92 Å². The van der Waals surface area contributed by atoms with Crippen molar-refractivity contribution < 1.29 is 4.79 Å². The van der Waals surface area contributed by atoms with Crippen molar-refractivity contribution in [2.24, 2.45) is 17.6 Å². The van der Waals surface area contributed by atoms with Crippen molar-refractivity contribution in [3.8, 4) is 0 Å². The second-order valence-corrected chi connectivity index (χ2v) is 5.68. The van der Waals surface area contributed by atoms with Gasteiger partial charge in [0.15, 0.2) is 5.78 Å². The van der Waals surface area contributed by atoms with E-state index < -0.39 is 5.54 Å². The first-order valence-electron chi connectivity index (χ1n) is 6.45. The molecule has 2 fully saturated rings. The van der Waals surface area contributed by atoms with Crippen LogP contribution in [0.25, 0.3) is 0 Å². The number of hydrogen-bond acceptors (Lipinski definition) is 2. The molecule has 0 aliphatic heterocycles. The summed E-state index contributed by atoms with van der Waals surface area (Å²) in [4.78, 5) is 12.3. The molecular weight excluding hydrogens is 186 g/mol. The number of carbonyl (C=O) groups is 1. The van der Waals surface area contributed by atoms with Gasteiger partial charge in [-0.15, -0.1) is 0 Å². The molecule has 0 atom stereocenters. The summed E-state index contributed by atoms with van der Waals surface area (Å²) in [6.07, 6.45) is 8.74. The van der Waals surface area contributed by atoms with Crippen LogP contribution in [0.5, 0.6) is 0 Å². The molecule has 0 aromatic rings. The summed E-state index contributed by atoms with van der Waals surface area (Å²) >= 11 is 0. The van der Waals surface area contributed by atoms with Crippen LogP contribution >= 0.6 is 0 Å². The van der Waals surface area contributed by atoms with Crippen LogP contribution in [-0.4, -0.2) is 11.3 Å². The lowest BCUT2D eigenvalue weighted by atomic mass is 9.75. The Morgan fingerprint density at radius 1 is 1.13 bits per heavy atom. The van der Waals surface area contributed by atoms with Crippen molar-refractivity contribution in [3.63, 3.8) is 0 Å². The molecule has 0 aromatic carbocycles. The molecule has 0 bridgehead atoms. The zero-order valence-electron chi connectivity index (χ0n) is 9.80. The minimum atomic E-state index is -0.439. The van der Waals surface area contributed by atoms with Crippen molar-refractivity contribution in [3.05, 3.63) is 0 Å². The average Bonchev–Trinajstić information content (AvgIpc) is 2.67. The molecule has 0 saturated heterocycles. The minimum Gasteiger partial charge on any atom is -0.319 e. The first-order chi connectivity index (χ1) is 7.12. The van der Waals surface area contributed by atoms with Crippen LogP contribution in [0.3, 0.4) is 0 Å². The first kappa shape index (κ1) is 11.1. The van der Waals surface area contributed by atoms with Gasteiger partial charge in [0.1, 0.15) is 0 Å². The molecule has 0 heterocycles. The zero-order chi connectivity index (χ0) is 10.9. The molecule has 0 radical (unpaired) electrons. The molecule has 86 valence electrons. The van der Waals surface area contributed by atoms with E-state index in [1.807, 2.05) is 0 Å². The predicted octanol–water partition coefficient (Wildman–Crippen LogP) is 2.65. The summed E-state index contributed by atoms with van der Waals surface area (Å²) in [6, 6.07) is 0. The van der Waals surface area contributed by atoms with Gasteiger partial charge in [-0.3, -0.25) is 4.79 Å². The third-order valence-electron chi connectivity index (χ3n) is 4.37. The van der Waals surface area contributed by atoms with Gasteiger partial charge < -0.3 is 5.73 Å². The van der Waals surface area contributed by atoms with Crippen LogP contribution in [0.1, 0.15) is 58.3 Å². The topological polar surface area (TPSA) is 43.1 Å². The Bertz CT molecular complexity index is 235. The molecule has 2 aliphatic rings. The second kappa shape index (κ2) is 4.25. The Labute approximate surface area is 92.6 Å². The lowest BCUT2D eigenvalue weighted by Gasteiger charge is -2.31. The summed E-state index contributed by atoms with van der Waals surface area (Å²) in [5.41, 5.74) is 5.78. The quantitative estimate of drug-likeness (QED) is 0.759. The first-order valence-corrected chi connectivity index (χ1v) is 6.45. The van der Waals surface area contributed by atoms with Crippen molar-refractivity contribution in [1.82, 2.24) is 0 Å². The number of carbonyl (C=O) groups excluding carboxylic acids is 1. The molecule has 2 saturated carbocycles. The molecule has 0 aromatic heterocycles. The third kappa shape index (κ3) is 2.25. The Balaban J connectivity index is 1.95. The van der Waals surface area contributed by atoms with Crippen molar-refractivity contribution >= 4 is 5.78 Å². The Morgan fingerprint density at radius 3 is 2.20 bits per heavy atom. The largest absolute Gasteiger partial charge is 0.319 e. The van der Waals surface area contributed by atoms with E-state index in [4.69, 9.17) is 5.73 Å². The van der Waals surface area contributed by atoms with Gasteiger partial charge in [-0.05, 0) is 31.6 Å². The highest BCUT2D eigenvalue weighted by molar-refractivity contribution is 5.90. The Morgan fingerprint density at radius 2 is 1.67 bits per heavy atom. The highest BCUT2D eigenvalue weighted by Gasteiger charge is 2.41. The summed E-state index contributed by atoms with van der Waals surface area (Å²) in [6.45, 7) is 2.29. The average molecular weight is 209 g/mol. The van der Waals surface area contributed by atoms with Gasteiger partial charge >= 0.3 is 0 Å². The fraction of sp³-hybridized carbons (Fsp3) is 0.923. The molecule has 15 heavy (non-hydrogen) atoms. The lowest BCUT2D eigenvalue weighted by molar-refractivity contribution is -0.129. The Kier molecular flexibility index (Phi) is 3.15. The van der Waals surface area contributed by atoms with Crippen LogP contribution in [0.2, 0.25) is 0 Å². The normalized spacial score (nSPS) is 35.3. The molecule has 2 nitrogen and oxygen atoms in total. The smallest absolute Gasteiger partial charge is 0.155 e. The van der Waals surface area contributed by atoms with Crippen LogP contribution in [0.15, 0.2) is 0 Å². The molecule has 0 spiro atoms. The Hall–Kier alpha value is -0.370. The predicted molar refractivity (Wildman–Crippen MR) is 61.5 cm³/mol. The van der Waals surface area contributed by atoms with Gasteiger partial charge in [0.05, 0.1) is 5.54 Å². The summed E-state index contributed by atoms with van der Waals surface area (Å²) < 4.78 is 0. The number of ketones is 1. The SMILES string of the molecule is CC1CCC(C(=O)C2(N)CCCC2)CC1. The van der Waals surface area contributed by atoms with E-state index in [2.05, 4.69) is 6.92 Å². The van der Waals surface area contributed by atoms with Crippen LogP contribution in [-0.2, 0) is 4.79 Å². The van der Waals surface area contributed by atoms with E-state index >= 15 is 0 Å². The van der Waals surface area contributed by atoms with E-state index in [1.54, 1.807) is 0 Å². The summed E-state index contributed by atoms with van der Waals surface area (Å²) in [5.74, 6) is 1.47. The highest BCUT2D eigenvalue weighted by atomic mass is 16.1. The molecule has 2 rings (SSSR count). The second-order valence-electron chi connectivity index (χ2n) is 5.68. The maximum Gasteiger partial charge on any atom is 0.155 e. The van der Waals surface area contributed by atoms with Crippen molar-refractivity contribution in [2.45, 2.75) is 63.8 Å². The molecule has 0 amide bonds. The molecule has 0 unspecified atom stereocenters. The highest BCUT2D eigenvalue weighted by Crippen LogP contribution is 2.36. The van der Waals surface area contributed by atoms with E-state index in [9.17, 15) is 4.79 Å². The fourth-order valence-electron chi connectivity index (χ4n) is 3.18. The molecular formula is C13H23NO. The maximum absolute atomic E-state index is 12.3. The number of Topliss-reactive ketones (excluding diaryl/α,β-unsaturated/α-hetero) is 1. The van der Waals surface area contributed by atoms with E-state index in [0.29, 0.717) is 5.78 Å². The minimum absolute atomic E-state index is 0.282. The zero-order valence-corrected chi connectivity index (χ0v) is 9.80. The van der Waals surface area contributed by atoms with Crippen LogP contribution in [0, 0.1) is 11.8 Å². The van der Waals surface area contributed by atoms with Gasteiger partial charge in [0.2, 0.25) is 0 Å². The molecule has 2 aliphatic carbocycles. The standard InChI is InChI=1S/C13H23NO/c1-10-4-6-11(7-5-10)12(15)13(14)8-2-3-9-13/h10-11H,2-9,14H2,1H3. The third-order valence-corrected chi connectivity index (χ3v) is 4.37. The number of nitrogens with two attached hydrogens (primary N) is 1. The molecule has 2 heteroatoms.